The van der Waals surface area contributed by atoms with Gasteiger partial charge in [-0.25, -0.2) is 13.1 Å². The molecule has 4 nitrogen and oxygen atoms in total. The van der Waals surface area contributed by atoms with Gasteiger partial charge in [0.1, 0.15) is 0 Å². The van der Waals surface area contributed by atoms with Gasteiger partial charge in [-0.15, -0.1) is 0 Å². The zero-order valence-electron chi connectivity index (χ0n) is 13.4. The first kappa shape index (κ1) is 16.3. The summed E-state index contributed by atoms with van der Waals surface area (Å²) in [5.41, 5.74) is 3.82. The molecule has 2 aliphatic rings. The molecule has 0 spiro atoms. The maximum absolute atomic E-state index is 12.7. The summed E-state index contributed by atoms with van der Waals surface area (Å²) in [5, 5.41) is 0. The minimum absolute atomic E-state index is 0.167. The molecule has 0 amide bonds. The van der Waals surface area contributed by atoms with Crippen LogP contribution in [0.4, 0.5) is 0 Å². The zero-order valence-corrected chi connectivity index (χ0v) is 15.8. The van der Waals surface area contributed by atoms with Gasteiger partial charge < -0.3 is 0 Å². The third kappa shape index (κ3) is 2.71. The summed E-state index contributed by atoms with van der Waals surface area (Å²) in [4.78, 5) is 2.63. The molecule has 4 rings (SSSR count). The Hall–Kier alpha value is -1.21. The van der Waals surface area contributed by atoms with Crippen LogP contribution in [0.2, 0.25) is 0 Å². The van der Waals surface area contributed by atoms with Gasteiger partial charge in [0, 0.05) is 23.1 Å². The van der Waals surface area contributed by atoms with Crippen molar-refractivity contribution in [2.45, 2.75) is 29.8 Å². The number of nitrogens with one attached hydrogen (secondary N) is 1. The van der Waals surface area contributed by atoms with E-state index in [1.807, 2.05) is 6.07 Å². The Bertz CT molecular complexity index is 880. The van der Waals surface area contributed by atoms with Crippen LogP contribution in [-0.4, -0.2) is 26.9 Å². The minimum Gasteiger partial charge on any atom is -0.299 e. The lowest BCUT2D eigenvalue weighted by Gasteiger charge is -2.31. The first-order valence-electron chi connectivity index (χ1n) is 8.05. The molecule has 2 aromatic rings. The molecule has 126 valence electrons. The van der Waals surface area contributed by atoms with Crippen molar-refractivity contribution in [3.8, 4) is 0 Å². The molecule has 0 bridgehead atoms. The highest BCUT2D eigenvalue weighted by Crippen LogP contribution is 2.46. The monoisotopic (exact) mass is 406 g/mol. The van der Waals surface area contributed by atoms with Crippen LogP contribution >= 0.6 is 15.9 Å². The number of sulfonamides is 1. The highest BCUT2D eigenvalue weighted by Gasteiger charge is 2.38. The Morgan fingerprint density at radius 2 is 1.92 bits per heavy atom. The first-order chi connectivity index (χ1) is 11.5. The predicted molar refractivity (Wildman–Crippen MR) is 97.3 cm³/mol. The number of likely N-dealkylation sites (N-methyl/N-ethyl adjacent to an activating group) is 1. The van der Waals surface area contributed by atoms with E-state index in [1.165, 1.54) is 11.1 Å². The van der Waals surface area contributed by atoms with E-state index in [2.05, 4.69) is 44.7 Å². The summed E-state index contributed by atoms with van der Waals surface area (Å²) in [6.07, 6.45) is 1.82. The first-order valence-corrected chi connectivity index (χ1v) is 10.3. The van der Waals surface area contributed by atoms with Gasteiger partial charge in [0.15, 0.2) is 0 Å². The molecule has 0 radical (unpaired) electrons. The van der Waals surface area contributed by atoms with Gasteiger partial charge in [0.05, 0.1) is 4.90 Å². The molecular weight excluding hydrogens is 388 g/mol. The number of rotatable bonds is 3. The Morgan fingerprint density at radius 1 is 1.17 bits per heavy atom. The van der Waals surface area contributed by atoms with Gasteiger partial charge in [-0.1, -0.05) is 34.1 Å². The average Bonchev–Trinajstić information content (AvgIpc) is 2.92. The lowest BCUT2D eigenvalue weighted by Crippen LogP contribution is -2.31. The van der Waals surface area contributed by atoms with Gasteiger partial charge in [-0.2, -0.15) is 0 Å². The molecule has 2 unspecified atom stereocenters. The molecule has 0 fully saturated rings. The van der Waals surface area contributed by atoms with Crippen LogP contribution < -0.4 is 4.72 Å². The van der Waals surface area contributed by atoms with Crippen LogP contribution in [0, 0.1) is 0 Å². The molecule has 1 aliphatic heterocycles. The summed E-state index contributed by atoms with van der Waals surface area (Å²) in [5.74, 6) is 0. The van der Waals surface area contributed by atoms with Crippen molar-refractivity contribution in [2.24, 2.45) is 0 Å². The van der Waals surface area contributed by atoms with Crippen molar-refractivity contribution >= 4 is 26.0 Å². The number of benzene rings is 2. The van der Waals surface area contributed by atoms with Gasteiger partial charge >= 0.3 is 0 Å². The van der Waals surface area contributed by atoms with Crippen LogP contribution in [0.15, 0.2) is 51.8 Å². The number of nitrogens with zero attached hydrogens (tertiary/aromatic N) is 1. The summed E-state index contributed by atoms with van der Waals surface area (Å²) < 4.78 is 29.3. The van der Waals surface area contributed by atoms with Crippen molar-refractivity contribution < 1.29 is 8.42 Å². The summed E-state index contributed by atoms with van der Waals surface area (Å²) in [6.45, 7) is 1.02. The fourth-order valence-corrected chi connectivity index (χ4v) is 5.36. The molecule has 0 saturated heterocycles. The second-order valence-electron chi connectivity index (χ2n) is 6.53. The van der Waals surface area contributed by atoms with Gasteiger partial charge in [-0.05, 0) is 60.8 Å². The number of hydrogen-bond donors (Lipinski definition) is 1. The molecule has 1 N–H and O–H groups in total. The van der Waals surface area contributed by atoms with Crippen LogP contribution in [0.3, 0.4) is 0 Å². The maximum atomic E-state index is 12.7. The fraction of sp³-hybridized carbons (Fsp3) is 0.333. The smallest absolute Gasteiger partial charge is 0.241 e. The van der Waals surface area contributed by atoms with Gasteiger partial charge in [0.25, 0.3) is 0 Å². The third-order valence-corrected chi connectivity index (χ3v) is 7.10. The molecule has 0 aromatic heterocycles. The van der Waals surface area contributed by atoms with Crippen LogP contribution in [0.5, 0.6) is 0 Å². The van der Waals surface area contributed by atoms with Gasteiger partial charge in [0.2, 0.25) is 10.0 Å². The predicted octanol–water partition coefficient (Wildman–Crippen LogP) is 3.40. The lowest BCUT2D eigenvalue weighted by atomic mass is 9.94. The summed E-state index contributed by atoms with van der Waals surface area (Å²) in [7, 11) is -1.41. The van der Waals surface area contributed by atoms with Crippen LogP contribution in [-0.2, 0) is 16.4 Å². The van der Waals surface area contributed by atoms with E-state index in [0.717, 1.165) is 29.4 Å². The molecule has 24 heavy (non-hydrogen) atoms. The lowest BCUT2D eigenvalue weighted by molar-refractivity contribution is 0.224. The Morgan fingerprint density at radius 3 is 2.67 bits per heavy atom. The van der Waals surface area contributed by atoms with E-state index in [9.17, 15) is 8.42 Å². The van der Waals surface area contributed by atoms with Crippen molar-refractivity contribution in [1.82, 2.24) is 9.62 Å². The molecule has 6 heteroatoms. The van der Waals surface area contributed by atoms with E-state index in [-0.39, 0.29) is 6.04 Å². The second-order valence-corrected chi connectivity index (χ2v) is 9.16. The standard InChI is InChI=1S/C18H19BrN2O2S/c1-21-10-9-12-3-2-4-15-16(11-17(21)18(12)15)20-24(22,23)14-7-5-13(19)6-8-14/h2-8,16-17,20H,9-11H2,1H3. The maximum Gasteiger partial charge on any atom is 0.241 e. The van der Waals surface area contributed by atoms with E-state index in [1.54, 1.807) is 24.3 Å². The van der Waals surface area contributed by atoms with E-state index in [4.69, 9.17) is 0 Å². The van der Waals surface area contributed by atoms with Crippen LogP contribution in [0.25, 0.3) is 0 Å². The molecule has 2 aromatic carbocycles. The summed E-state index contributed by atoms with van der Waals surface area (Å²) in [6, 6.07) is 13.2. The van der Waals surface area contributed by atoms with Crippen molar-refractivity contribution in [1.29, 1.82) is 0 Å². The fourth-order valence-electron chi connectivity index (χ4n) is 3.86. The van der Waals surface area contributed by atoms with Gasteiger partial charge in [-0.3, -0.25) is 4.90 Å². The molecule has 1 heterocycles. The topological polar surface area (TPSA) is 49.4 Å². The second kappa shape index (κ2) is 5.95. The van der Waals surface area contributed by atoms with Crippen molar-refractivity contribution in [2.75, 3.05) is 13.6 Å². The number of halogens is 1. The van der Waals surface area contributed by atoms with Crippen molar-refractivity contribution in [3.05, 3.63) is 63.6 Å². The highest BCUT2D eigenvalue weighted by atomic mass is 79.9. The number of hydrogen-bond acceptors (Lipinski definition) is 3. The third-order valence-electron chi connectivity index (χ3n) is 5.09. The minimum atomic E-state index is -3.53. The molecular formula is C18H19BrN2O2S. The average molecular weight is 407 g/mol. The Kier molecular flexibility index (Phi) is 4.03. The van der Waals surface area contributed by atoms with E-state index < -0.39 is 10.0 Å². The SMILES string of the molecule is CN1CCc2cccc3c2C1CC3NS(=O)(=O)c1ccc(Br)cc1. The Balaban J connectivity index is 1.67. The van der Waals surface area contributed by atoms with Crippen molar-refractivity contribution in [3.63, 3.8) is 0 Å². The normalized spacial score (nSPS) is 23.2. The van der Waals surface area contributed by atoms with E-state index in [0.29, 0.717) is 10.9 Å². The molecule has 0 saturated carbocycles. The van der Waals surface area contributed by atoms with Crippen LogP contribution in [0.1, 0.15) is 35.2 Å². The summed E-state index contributed by atoms with van der Waals surface area (Å²) >= 11 is 3.34. The Labute approximate surface area is 151 Å². The highest BCUT2D eigenvalue weighted by molar-refractivity contribution is 9.10. The molecule has 2 atom stereocenters. The largest absolute Gasteiger partial charge is 0.299 e. The zero-order chi connectivity index (χ0) is 16.9. The van der Waals surface area contributed by atoms with E-state index >= 15 is 0 Å². The quantitative estimate of drug-likeness (QED) is 0.849. The molecule has 1 aliphatic carbocycles.